The third-order valence-electron chi connectivity index (χ3n) is 3.43. The molecule has 2 aliphatic heterocycles. The number of carbonyl (C=O) groups excluding carboxylic acids is 1. The molecule has 5 heteroatoms. The number of nitrogens with zero attached hydrogens (tertiary/aromatic N) is 2. The van der Waals surface area contributed by atoms with Gasteiger partial charge < -0.3 is 10.2 Å². The van der Waals surface area contributed by atoms with Crippen LogP contribution in [0.3, 0.4) is 0 Å². The Morgan fingerprint density at radius 3 is 2.94 bits per heavy atom. The van der Waals surface area contributed by atoms with Gasteiger partial charge in [-0.05, 0) is 25.7 Å². The molecule has 1 amide bonds. The maximum Gasteiger partial charge on any atom is 0.241 e. The molecular weight excluding hydrogens is 246 g/mol. The van der Waals surface area contributed by atoms with E-state index in [-0.39, 0.29) is 5.91 Å². The van der Waals surface area contributed by atoms with E-state index < -0.39 is 0 Å². The molecule has 102 valence electrons. The summed E-state index contributed by atoms with van der Waals surface area (Å²) < 4.78 is 0. The molecule has 0 spiro atoms. The Hall–Kier alpha value is -0.710. The molecular formula is C13H23N3OS. The smallest absolute Gasteiger partial charge is 0.241 e. The van der Waals surface area contributed by atoms with Crippen LogP contribution in [0, 0.1) is 0 Å². The SMILES string of the molecule is CCCC1CN=C(NCC(=O)N2CCCCC2)S1. The molecule has 1 saturated heterocycles. The number of amides is 1. The van der Waals surface area contributed by atoms with Gasteiger partial charge in [-0.15, -0.1) is 0 Å². The number of carbonyl (C=O) groups is 1. The van der Waals surface area contributed by atoms with E-state index in [0.29, 0.717) is 11.8 Å². The Morgan fingerprint density at radius 1 is 1.44 bits per heavy atom. The Morgan fingerprint density at radius 2 is 2.22 bits per heavy atom. The van der Waals surface area contributed by atoms with Gasteiger partial charge in [0.1, 0.15) is 0 Å². The Labute approximate surface area is 114 Å². The first kappa shape index (κ1) is 13.7. The minimum Gasteiger partial charge on any atom is -0.356 e. The molecule has 0 saturated carbocycles. The van der Waals surface area contributed by atoms with Gasteiger partial charge in [0.05, 0.1) is 13.1 Å². The lowest BCUT2D eigenvalue weighted by molar-refractivity contribution is -0.130. The Kier molecular flexibility index (Phi) is 5.35. The van der Waals surface area contributed by atoms with Crippen LogP contribution in [0.5, 0.6) is 0 Å². The highest BCUT2D eigenvalue weighted by molar-refractivity contribution is 8.14. The molecule has 0 aromatic heterocycles. The molecule has 4 nitrogen and oxygen atoms in total. The second-order valence-electron chi connectivity index (χ2n) is 4.97. The quantitative estimate of drug-likeness (QED) is 0.847. The van der Waals surface area contributed by atoms with E-state index in [0.717, 1.165) is 37.6 Å². The molecule has 1 fully saturated rings. The highest BCUT2D eigenvalue weighted by atomic mass is 32.2. The van der Waals surface area contributed by atoms with Crippen LogP contribution in [0.1, 0.15) is 39.0 Å². The van der Waals surface area contributed by atoms with Crippen molar-refractivity contribution in [1.29, 1.82) is 0 Å². The second kappa shape index (κ2) is 7.02. The van der Waals surface area contributed by atoms with Crippen LogP contribution in [0.4, 0.5) is 0 Å². The molecule has 1 atom stereocenters. The first-order valence-corrected chi connectivity index (χ1v) is 7.90. The fourth-order valence-corrected chi connectivity index (χ4v) is 3.52. The number of piperidine rings is 1. The minimum absolute atomic E-state index is 0.219. The van der Waals surface area contributed by atoms with Crippen molar-refractivity contribution in [3.8, 4) is 0 Å². The van der Waals surface area contributed by atoms with Gasteiger partial charge in [-0.1, -0.05) is 25.1 Å². The average Bonchev–Trinajstić information content (AvgIpc) is 2.85. The van der Waals surface area contributed by atoms with Gasteiger partial charge in [0, 0.05) is 18.3 Å². The summed E-state index contributed by atoms with van der Waals surface area (Å²) in [6.07, 6.45) is 5.98. The van der Waals surface area contributed by atoms with E-state index in [1.807, 2.05) is 4.90 Å². The van der Waals surface area contributed by atoms with Crippen LogP contribution in [0.25, 0.3) is 0 Å². The molecule has 2 aliphatic rings. The highest BCUT2D eigenvalue weighted by Crippen LogP contribution is 2.23. The number of hydrogen-bond donors (Lipinski definition) is 1. The van der Waals surface area contributed by atoms with Crippen LogP contribution in [0.2, 0.25) is 0 Å². The summed E-state index contributed by atoms with van der Waals surface area (Å²) in [5.74, 6) is 0.219. The second-order valence-corrected chi connectivity index (χ2v) is 6.26. The third kappa shape index (κ3) is 3.90. The fourth-order valence-electron chi connectivity index (χ4n) is 2.39. The molecule has 2 rings (SSSR count). The van der Waals surface area contributed by atoms with E-state index >= 15 is 0 Å². The molecule has 2 heterocycles. The first-order chi connectivity index (χ1) is 8.79. The molecule has 0 radical (unpaired) electrons. The van der Waals surface area contributed by atoms with Crippen molar-refractivity contribution in [1.82, 2.24) is 10.2 Å². The lowest BCUT2D eigenvalue weighted by atomic mass is 10.1. The lowest BCUT2D eigenvalue weighted by Gasteiger charge is -2.26. The monoisotopic (exact) mass is 269 g/mol. The maximum absolute atomic E-state index is 12.0. The normalized spacial score (nSPS) is 23.9. The van der Waals surface area contributed by atoms with Crippen LogP contribution >= 0.6 is 11.8 Å². The van der Waals surface area contributed by atoms with Crippen molar-refractivity contribution in [3.63, 3.8) is 0 Å². The zero-order valence-electron chi connectivity index (χ0n) is 11.2. The number of aliphatic imine (C=N–C) groups is 1. The van der Waals surface area contributed by atoms with Crippen LogP contribution in [-0.4, -0.2) is 47.4 Å². The summed E-state index contributed by atoms with van der Waals surface area (Å²) in [5.41, 5.74) is 0. The Balaban J connectivity index is 1.67. The van der Waals surface area contributed by atoms with E-state index in [9.17, 15) is 4.79 Å². The molecule has 0 aliphatic carbocycles. The molecule has 0 aromatic carbocycles. The largest absolute Gasteiger partial charge is 0.356 e. The predicted molar refractivity (Wildman–Crippen MR) is 77.0 cm³/mol. The zero-order chi connectivity index (χ0) is 12.8. The van der Waals surface area contributed by atoms with Crippen LogP contribution < -0.4 is 5.32 Å². The van der Waals surface area contributed by atoms with Gasteiger partial charge in [-0.25, -0.2) is 0 Å². The third-order valence-corrected chi connectivity index (χ3v) is 4.64. The van der Waals surface area contributed by atoms with E-state index in [4.69, 9.17) is 0 Å². The minimum atomic E-state index is 0.219. The predicted octanol–water partition coefficient (Wildman–Crippen LogP) is 1.86. The van der Waals surface area contributed by atoms with Crippen LogP contribution in [0.15, 0.2) is 4.99 Å². The average molecular weight is 269 g/mol. The first-order valence-electron chi connectivity index (χ1n) is 7.02. The van der Waals surface area contributed by atoms with Crippen molar-refractivity contribution in [2.45, 2.75) is 44.3 Å². The highest BCUT2D eigenvalue weighted by Gasteiger charge is 2.20. The van der Waals surface area contributed by atoms with E-state index in [1.165, 1.54) is 19.3 Å². The standard InChI is InChI=1S/C13H23N3OS/c1-2-6-11-9-14-13(18-11)15-10-12(17)16-7-4-3-5-8-16/h11H,2-10H2,1H3,(H,14,15). The molecule has 18 heavy (non-hydrogen) atoms. The van der Waals surface area contributed by atoms with Gasteiger partial charge in [0.15, 0.2) is 5.17 Å². The van der Waals surface area contributed by atoms with Gasteiger partial charge in [0.25, 0.3) is 0 Å². The van der Waals surface area contributed by atoms with Gasteiger partial charge in [0.2, 0.25) is 5.91 Å². The van der Waals surface area contributed by atoms with E-state index in [1.54, 1.807) is 11.8 Å². The summed E-state index contributed by atoms with van der Waals surface area (Å²) in [6.45, 7) is 5.37. The number of thioether (sulfide) groups is 1. The molecule has 1 unspecified atom stereocenters. The van der Waals surface area contributed by atoms with Crippen molar-refractivity contribution in [2.75, 3.05) is 26.2 Å². The fraction of sp³-hybridized carbons (Fsp3) is 0.846. The number of rotatable bonds is 4. The number of amidine groups is 1. The summed E-state index contributed by atoms with van der Waals surface area (Å²) in [6, 6.07) is 0. The molecule has 1 N–H and O–H groups in total. The Bertz CT molecular complexity index is 313. The summed E-state index contributed by atoms with van der Waals surface area (Å²) in [5, 5.41) is 4.76. The van der Waals surface area contributed by atoms with Crippen molar-refractivity contribution in [3.05, 3.63) is 0 Å². The molecule has 0 bridgehead atoms. The van der Waals surface area contributed by atoms with Gasteiger partial charge >= 0.3 is 0 Å². The van der Waals surface area contributed by atoms with Gasteiger partial charge in [-0.3, -0.25) is 9.79 Å². The molecule has 0 aromatic rings. The lowest BCUT2D eigenvalue weighted by Crippen LogP contribution is -2.42. The van der Waals surface area contributed by atoms with E-state index in [2.05, 4.69) is 17.2 Å². The van der Waals surface area contributed by atoms with Crippen molar-refractivity contribution < 1.29 is 4.79 Å². The number of hydrogen-bond acceptors (Lipinski definition) is 4. The van der Waals surface area contributed by atoms with Crippen molar-refractivity contribution >= 4 is 22.8 Å². The van der Waals surface area contributed by atoms with Crippen LogP contribution in [-0.2, 0) is 4.79 Å². The topological polar surface area (TPSA) is 44.7 Å². The summed E-state index contributed by atoms with van der Waals surface area (Å²) in [4.78, 5) is 18.4. The summed E-state index contributed by atoms with van der Waals surface area (Å²) in [7, 11) is 0. The zero-order valence-corrected chi connectivity index (χ0v) is 12.0. The maximum atomic E-state index is 12.0. The van der Waals surface area contributed by atoms with Gasteiger partial charge in [-0.2, -0.15) is 0 Å². The van der Waals surface area contributed by atoms with Crippen molar-refractivity contribution in [2.24, 2.45) is 4.99 Å². The number of nitrogens with one attached hydrogen (secondary N) is 1. The summed E-state index contributed by atoms with van der Waals surface area (Å²) >= 11 is 1.79. The number of likely N-dealkylation sites (tertiary alicyclic amines) is 1.